The standard InChI is InChI=1S/C15H12BrNO3/c1-15(2)19-13-7-12(9-3-5-10(16)6-4-9)17-8-11(13)14(18)20-15/h3-8H,1-2H3. The Morgan fingerprint density at radius 1 is 1.15 bits per heavy atom. The van der Waals surface area contributed by atoms with Gasteiger partial charge in [-0.25, -0.2) is 4.79 Å². The summed E-state index contributed by atoms with van der Waals surface area (Å²) in [4.78, 5) is 16.1. The highest BCUT2D eigenvalue weighted by Crippen LogP contribution is 2.33. The molecule has 0 fully saturated rings. The first-order chi connectivity index (χ1) is 9.44. The number of aromatic nitrogens is 1. The van der Waals surface area contributed by atoms with E-state index in [1.54, 1.807) is 19.9 Å². The summed E-state index contributed by atoms with van der Waals surface area (Å²) in [5.41, 5.74) is 2.06. The number of cyclic esters (lactones) is 1. The molecule has 4 nitrogen and oxygen atoms in total. The Balaban J connectivity index is 2.05. The van der Waals surface area contributed by atoms with Crippen molar-refractivity contribution in [3.05, 3.63) is 46.6 Å². The van der Waals surface area contributed by atoms with Crippen LogP contribution in [-0.4, -0.2) is 16.7 Å². The Morgan fingerprint density at radius 2 is 1.85 bits per heavy atom. The number of hydrogen-bond acceptors (Lipinski definition) is 4. The fourth-order valence-electron chi connectivity index (χ4n) is 2.02. The molecule has 0 radical (unpaired) electrons. The maximum atomic E-state index is 11.8. The van der Waals surface area contributed by atoms with Gasteiger partial charge in [-0.05, 0) is 12.1 Å². The molecular formula is C15H12BrNO3. The minimum Gasteiger partial charge on any atom is -0.452 e. The number of hydrogen-bond donors (Lipinski definition) is 0. The normalized spacial score (nSPS) is 16.1. The predicted octanol–water partition coefficient (Wildman–Crippen LogP) is 3.80. The van der Waals surface area contributed by atoms with Crippen molar-refractivity contribution in [3.63, 3.8) is 0 Å². The summed E-state index contributed by atoms with van der Waals surface area (Å²) >= 11 is 3.39. The highest BCUT2D eigenvalue weighted by atomic mass is 79.9. The van der Waals surface area contributed by atoms with Gasteiger partial charge in [-0.2, -0.15) is 0 Å². The van der Waals surface area contributed by atoms with Crippen LogP contribution in [0, 0.1) is 0 Å². The van der Waals surface area contributed by atoms with Gasteiger partial charge in [0.05, 0.1) is 5.69 Å². The summed E-state index contributed by atoms with van der Waals surface area (Å²) < 4.78 is 11.8. The zero-order valence-corrected chi connectivity index (χ0v) is 12.6. The molecule has 2 aromatic rings. The first kappa shape index (κ1) is 13.1. The lowest BCUT2D eigenvalue weighted by Crippen LogP contribution is -2.38. The van der Waals surface area contributed by atoms with E-state index < -0.39 is 11.8 Å². The van der Waals surface area contributed by atoms with E-state index in [1.807, 2.05) is 24.3 Å². The molecule has 1 aromatic carbocycles. The van der Waals surface area contributed by atoms with Crippen LogP contribution < -0.4 is 4.74 Å². The smallest absolute Gasteiger partial charge is 0.346 e. The second-order valence-corrected chi connectivity index (χ2v) is 5.88. The van der Waals surface area contributed by atoms with Crippen LogP contribution in [0.25, 0.3) is 11.3 Å². The number of esters is 1. The van der Waals surface area contributed by atoms with Gasteiger partial charge in [0, 0.05) is 36.1 Å². The zero-order chi connectivity index (χ0) is 14.3. The fraction of sp³-hybridized carbons (Fsp3) is 0.200. The summed E-state index contributed by atoms with van der Waals surface area (Å²) in [7, 11) is 0. The Kier molecular flexibility index (Phi) is 3.01. The van der Waals surface area contributed by atoms with Gasteiger partial charge in [0.25, 0.3) is 0 Å². The zero-order valence-electron chi connectivity index (χ0n) is 11.0. The van der Waals surface area contributed by atoms with Crippen molar-refractivity contribution >= 4 is 21.9 Å². The van der Waals surface area contributed by atoms with E-state index in [2.05, 4.69) is 20.9 Å². The van der Waals surface area contributed by atoms with Crippen LogP contribution in [0.2, 0.25) is 0 Å². The van der Waals surface area contributed by atoms with Gasteiger partial charge in [0.2, 0.25) is 5.79 Å². The molecule has 5 heteroatoms. The first-order valence-electron chi connectivity index (χ1n) is 6.13. The summed E-state index contributed by atoms with van der Waals surface area (Å²) in [6.07, 6.45) is 1.49. The number of rotatable bonds is 1. The minimum absolute atomic E-state index is 0.352. The van der Waals surface area contributed by atoms with Crippen molar-refractivity contribution in [1.29, 1.82) is 0 Å². The van der Waals surface area contributed by atoms with E-state index in [-0.39, 0.29) is 0 Å². The lowest BCUT2D eigenvalue weighted by molar-refractivity contribution is -0.127. The van der Waals surface area contributed by atoms with E-state index in [9.17, 15) is 4.79 Å². The van der Waals surface area contributed by atoms with Crippen LogP contribution in [0.15, 0.2) is 41.0 Å². The summed E-state index contributed by atoms with van der Waals surface area (Å²) in [6, 6.07) is 9.54. The molecule has 0 atom stereocenters. The summed E-state index contributed by atoms with van der Waals surface area (Å²) in [5.74, 6) is -0.868. The minimum atomic E-state index is -0.956. The molecule has 1 aliphatic rings. The number of carbonyl (C=O) groups excluding carboxylic acids is 1. The van der Waals surface area contributed by atoms with Gasteiger partial charge in [-0.3, -0.25) is 4.98 Å². The lowest BCUT2D eigenvalue weighted by Gasteiger charge is -2.31. The Hall–Kier alpha value is -1.88. The summed E-state index contributed by atoms with van der Waals surface area (Å²) in [6.45, 7) is 3.40. The van der Waals surface area contributed by atoms with Crippen LogP contribution in [0.1, 0.15) is 24.2 Å². The number of nitrogens with zero attached hydrogens (tertiary/aromatic N) is 1. The van der Waals surface area contributed by atoms with Gasteiger partial charge in [0.15, 0.2) is 0 Å². The van der Waals surface area contributed by atoms with E-state index in [4.69, 9.17) is 9.47 Å². The SMILES string of the molecule is CC1(C)OC(=O)c2cnc(-c3ccc(Br)cc3)cc2O1. The maximum Gasteiger partial charge on any atom is 0.346 e. The molecule has 2 heterocycles. The molecule has 0 aliphatic carbocycles. The van der Waals surface area contributed by atoms with Crippen LogP contribution in [-0.2, 0) is 4.74 Å². The second-order valence-electron chi connectivity index (χ2n) is 4.96. The molecule has 0 spiro atoms. The maximum absolute atomic E-state index is 11.8. The third-order valence-corrected chi connectivity index (χ3v) is 3.45. The number of benzene rings is 1. The van der Waals surface area contributed by atoms with Crippen LogP contribution in [0.3, 0.4) is 0 Å². The fourth-order valence-corrected chi connectivity index (χ4v) is 2.28. The van der Waals surface area contributed by atoms with E-state index in [0.29, 0.717) is 11.3 Å². The van der Waals surface area contributed by atoms with Crippen molar-refractivity contribution in [2.75, 3.05) is 0 Å². The second kappa shape index (κ2) is 4.59. The Labute approximate surface area is 124 Å². The molecule has 0 saturated heterocycles. The molecule has 0 N–H and O–H groups in total. The highest BCUT2D eigenvalue weighted by molar-refractivity contribution is 9.10. The molecule has 0 bridgehead atoms. The molecule has 1 aromatic heterocycles. The van der Waals surface area contributed by atoms with E-state index >= 15 is 0 Å². The third kappa shape index (κ3) is 2.41. The topological polar surface area (TPSA) is 48.4 Å². The van der Waals surface area contributed by atoms with Crippen molar-refractivity contribution in [2.45, 2.75) is 19.6 Å². The molecule has 0 unspecified atom stereocenters. The van der Waals surface area contributed by atoms with Crippen LogP contribution in [0.4, 0.5) is 0 Å². The number of carbonyl (C=O) groups is 1. The van der Waals surface area contributed by atoms with Gasteiger partial charge in [0.1, 0.15) is 11.3 Å². The molecule has 0 amide bonds. The predicted molar refractivity (Wildman–Crippen MR) is 77.5 cm³/mol. The summed E-state index contributed by atoms with van der Waals surface area (Å²) in [5, 5.41) is 0. The van der Waals surface area contributed by atoms with Gasteiger partial charge in [-0.15, -0.1) is 0 Å². The largest absolute Gasteiger partial charge is 0.452 e. The Morgan fingerprint density at radius 3 is 2.55 bits per heavy atom. The molecule has 3 rings (SSSR count). The first-order valence-corrected chi connectivity index (χ1v) is 6.92. The third-order valence-electron chi connectivity index (χ3n) is 2.92. The molecule has 20 heavy (non-hydrogen) atoms. The van der Waals surface area contributed by atoms with Gasteiger partial charge < -0.3 is 9.47 Å². The molecule has 0 saturated carbocycles. The number of pyridine rings is 1. The number of fused-ring (bicyclic) bond motifs is 1. The van der Waals surface area contributed by atoms with Crippen molar-refractivity contribution in [1.82, 2.24) is 4.98 Å². The lowest BCUT2D eigenvalue weighted by atomic mass is 10.1. The van der Waals surface area contributed by atoms with Gasteiger partial charge >= 0.3 is 5.97 Å². The van der Waals surface area contributed by atoms with Crippen LogP contribution >= 0.6 is 15.9 Å². The van der Waals surface area contributed by atoms with E-state index in [1.165, 1.54) is 6.20 Å². The molecule has 1 aliphatic heterocycles. The molecule has 102 valence electrons. The number of halogens is 1. The highest BCUT2D eigenvalue weighted by Gasteiger charge is 2.34. The van der Waals surface area contributed by atoms with Crippen molar-refractivity contribution in [3.8, 4) is 17.0 Å². The van der Waals surface area contributed by atoms with E-state index in [0.717, 1.165) is 15.7 Å². The molecular weight excluding hydrogens is 322 g/mol. The van der Waals surface area contributed by atoms with Crippen molar-refractivity contribution < 1.29 is 14.3 Å². The van der Waals surface area contributed by atoms with Crippen molar-refractivity contribution in [2.24, 2.45) is 0 Å². The number of ether oxygens (including phenoxy) is 2. The average molecular weight is 334 g/mol. The monoisotopic (exact) mass is 333 g/mol. The van der Waals surface area contributed by atoms with Gasteiger partial charge in [-0.1, -0.05) is 28.1 Å². The van der Waals surface area contributed by atoms with Crippen LogP contribution in [0.5, 0.6) is 5.75 Å². The average Bonchev–Trinajstić information content (AvgIpc) is 2.37. The quantitative estimate of drug-likeness (QED) is 0.745. The Bertz CT molecular complexity index is 680.